The number of hydrogen-bond donors (Lipinski definition) is 1. The van der Waals surface area contributed by atoms with Gasteiger partial charge in [-0.05, 0) is 18.2 Å². The van der Waals surface area contributed by atoms with E-state index < -0.39 is 9.84 Å². The third kappa shape index (κ3) is 4.53. The van der Waals surface area contributed by atoms with Gasteiger partial charge in [0.2, 0.25) is 0 Å². The Morgan fingerprint density at radius 3 is 2.73 bits per heavy atom. The largest absolute Gasteiger partial charge is 0.384 e. The van der Waals surface area contributed by atoms with E-state index >= 15 is 0 Å². The minimum atomic E-state index is -2.90. The van der Waals surface area contributed by atoms with E-state index in [0.29, 0.717) is 11.6 Å². The van der Waals surface area contributed by atoms with Crippen molar-refractivity contribution >= 4 is 27.1 Å². The molecule has 0 heterocycles. The molecule has 15 heavy (non-hydrogen) atoms. The number of anilines is 1. The van der Waals surface area contributed by atoms with Crippen molar-refractivity contribution in [2.75, 3.05) is 23.4 Å². The van der Waals surface area contributed by atoms with Gasteiger partial charge in [-0.2, -0.15) is 0 Å². The molecule has 0 unspecified atom stereocenters. The van der Waals surface area contributed by atoms with Crippen LogP contribution in [0.2, 0.25) is 5.02 Å². The number of rotatable bonds is 5. The Hall–Kier alpha value is -0.740. The smallest absolute Gasteiger partial charge is 0.151 e. The summed E-state index contributed by atoms with van der Waals surface area (Å²) in [5, 5.41) is 3.65. The zero-order valence-corrected chi connectivity index (χ0v) is 10.1. The Labute approximate surface area is 95.4 Å². The molecule has 0 atom stereocenters. The molecule has 1 aromatic carbocycles. The van der Waals surface area contributed by atoms with Gasteiger partial charge in [0.15, 0.2) is 9.84 Å². The zero-order chi connectivity index (χ0) is 11.3. The maximum Gasteiger partial charge on any atom is 0.151 e. The number of halogens is 1. The zero-order valence-electron chi connectivity index (χ0n) is 8.53. The fraction of sp³-hybridized carbons (Fsp3) is 0.400. The maximum atomic E-state index is 11.2. The highest BCUT2D eigenvalue weighted by Gasteiger charge is 2.05. The van der Waals surface area contributed by atoms with Crippen LogP contribution < -0.4 is 5.32 Å². The minimum Gasteiger partial charge on any atom is -0.384 e. The van der Waals surface area contributed by atoms with Gasteiger partial charge in [-0.3, -0.25) is 0 Å². The van der Waals surface area contributed by atoms with Crippen molar-refractivity contribution in [1.82, 2.24) is 0 Å². The van der Waals surface area contributed by atoms with Crippen molar-refractivity contribution in [3.8, 4) is 0 Å². The van der Waals surface area contributed by atoms with Crippen molar-refractivity contribution < 1.29 is 8.42 Å². The Morgan fingerprint density at radius 1 is 1.40 bits per heavy atom. The lowest BCUT2D eigenvalue weighted by atomic mass is 10.3. The summed E-state index contributed by atoms with van der Waals surface area (Å²) in [4.78, 5) is 0. The summed E-state index contributed by atoms with van der Waals surface area (Å²) in [6, 6.07) is 7.21. The van der Waals surface area contributed by atoms with E-state index in [2.05, 4.69) is 5.32 Å². The highest BCUT2D eigenvalue weighted by molar-refractivity contribution is 7.91. The highest BCUT2D eigenvalue weighted by Crippen LogP contribution is 2.14. The predicted molar refractivity (Wildman–Crippen MR) is 64.3 cm³/mol. The van der Waals surface area contributed by atoms with Gasteiger partial charge in [-0.25, -0.2) is 8.42 Å². The second-order valence-electron chi connectivity index (χ2n) is 3.17. The third-order valence-electron chi connectivity index (χ3n) is 2.01. The fourth-order valence-corrected chi connectivity index (χ4v) is 1.99. The topological polar surface area (TPSA) is 46.2 Å². The van der Waals surface area contributed by atoms with Crippen LogP contribution in [0.15, 0.2) is 24.3 Å². The molecule has 0 fully saturated rings. The van der Waals surface area contributed by atoms with Gasteiger partial charge < -0.3 is 5.32 Å². The van der Waals surface area contributed by atoms with Crippen LogP contribution in [0.3, 0.4) is 0 Å². The van der Waals surface area contributed by atoms with Crippen molar-refractivity contribution in [2.45, 2.75) is 6.92 Å². The Morgan fingerprint density at radius 2 is 2.13 bits per heavy atom. The first kappa shape index (κ1) is 12.3. The average Bonchev–Trinajstić information content (AvgIpc) is 2.18. The summed E-state index contributed by atoms with van der Waals surface area (Å²) < 4.78 is 22.4. The number of hydrogen-bond acceptors (Lipinski definition) is 3. The van der Waals surface area contributed by atoms with Gasteiger partial charge in [0, 0.05) is 23.0 Å². The molecule has 0 saturated heterocycles. The van der Waals surface area contributed by atoms with E-state index in [1.807, 2.05) is 12.1 Å². The van der Waals surface area contributed by atoms with Crippen LogP contribution in [0.1, 0.15) is 6.92 Å². The van der Waals surface area contributed by atoms with Gasteiger partial charge in [0.25, 0.3) is 0 Å². The normalized spacial score (nSPS) is 11.3. The van der Waals surface area contributed by atoms with Crippen LogP contribution in [-0.4, -0.2) is 26.5 Å². The molecule has 0 aliphatic carbocycles. The number of nitrogens with one attached hydrogen (secondary N) is 1. The Balaban J connectivity index is 2.45. The molecular formula is C10H14ClNO2S. The van der Waals surface area contributed by atoms with Crippen molar-refractivity contribution in [3.05, 3.63) is 29.3 Å². The quantitative estimate of drug-likeness (QED) is 0.868. The van der Waals surface area contributed by atoms with Crippen LogP contribution in [0, 0.1) is 0 Å². The number of benzene rings is 1. The summed E-state index contributed by atoms with van der Waals surface area (Å²) in [6.07, 6.45) is 0. The lowest BCUT2D eigenvalue weighted by molar-refractivity contribution is 0.597. The highest BCUT2D eigenvalue weighted by atomic mass is 35.5. The second-order valence-corrected chi connectivity index (χ2v) is 6.08. The number of sulfone groups is 1. The van der Waals surface area contributed by atoms with Gasteiger partial charge in [0.05, 0.1) is 5.75 Å². The van der Waals surface area contributed by atoms with Crippen LogP contribution in [0.4, 0.5) is 5.69 Å². The van der Waals surface area contributed by atoms with E-state index in [4.69, 9.17) is 11.6 Å². The molecule has 1 rings (SSSR count). The molecule has 0 bridgehead atoms. The van der Waals surface area contributed by atoms with Crippen molar-refractivity contribution in [2.24, 2.45) is 0 Å². The second kappa shape index (κ2) is 5.37. The summed E-state index contributed by atoms with van der Waals surface area (Å²) in [7, 11) is -2.90. The molecule has 84 valence electrons. The first-order valence-corrected chi connectivity index (χ1v) is 6.93. The van der Waals surface area contributed by atoms with E-state index in [9.17, 15) is 8.42 Å². The Bertz CT molecular complexity index is 417. The molecule has 0 radical (unpaired) electrons. The Kier molecular flexibility index (Phi) is 4.42. The molecule has 0 aromatic heterocycles. The van der Waals surface area contributed by atoms with Gasteiger partial charge in [0.1, 0.15) is 0 Å². The fourth-order valence-electron chi connectivity index (χ4n) is 1.09. The summed E-state index contributed by atoms with van der Waals surface area (Å²) in [6.45, 7) is 2.06. The molecule has 1 aromatic rings. The summed E-state index contributed by atoms with van der Waals surface area (Å²) in [5.41, 5.74) is 0.841. The van der Waals surface area contributed by atoms with Crippen molar-refractivity contribution in [3.63, 3.8) is 0 Å². The standard InChI is InChI=1S/C10H14ClNO2S/c1-2-15(13,14)7-6-12-10-5-3-4-9(11)8-10/h3-5,8,12H,2,6-7H2,1H3. The van der Waals surface area contributed by atoms with Gasteiger partial charge in [-0.15, -0.1) is 0 Å². The average molecular weight is 248 g/mol. The third-order valence-corrected chi connectivity index (χ3v) is 3.95. The molecule has 0 amide bonds. The molecule has 3 nitrogen and oxygen atoms in total. The van der Waals surface area contributed by atoms with Crippen LogP contribution in [0.5, 0.6) is 0 Å². The molecule has 5 heteroatoms. The van der Waals surface area contributed by atoms with Gasteiger partial charge in [-0.1, -0.05) is 24.6 Å². The summed E-state index contributed by atoms with van der Waals surface area (Å²) >= 11 is 5.78. The van der Waals surface area contributed by atoms with Gasteiger partial charge >= 0.3 is 0 Å². The van der Waals surface area contributed by atoms with E-state index in [0.717, 1.165) is 5.69 Å². The lowest BCUT2D eigenvalue weighted by Crippen LogP contribution is -2.17. The SMILES string of the molecule is CCS(=O)(=O)CCNc1cccc(Cl)c1. The van der Waals surface area contributed by atoms with Crippen molar-refractivity contribution in [1.29, 1.82) is 0 Å². The van der Waals surface area contributed by atoms with Crippen LogP contribution >= 0.6 is 11.6 Å². The predicted octanol–water partition coefficient (Wildman–Crippen LogP) is 2.19. The van der Waals surface area contributed by atoms with Crippen LogP contribution in [0.25, 0.3) is 0 Å². The van der Waals surface area contributed by atoms with E-state index in [1.54, 1.807) is 19.1 Å². The maximum absolute atomic E-state index is 11.2. The monoisotopic (exact) mass is 247 g/mol. The molecule has 1 N–H and O–H groups in total. The molecule has 0 aliphatic heterocycles. The first-order valence-electron chi connectivity index (χ1n) is 4.73. The lowest BCUT2D eigenvalue weighted by Gasteiger charge is -2.06. The van der Waals surface area contributed by atoms with E-state index in [-0.39, 0.29) is 11.5 Å². The molecule has 0 spiro atoms. The summed E-state index contributed by atoms with van der Waals surface area (Å²) in [5.74, 6) is 0.334. The van der Waals surface area contributed by atoms with E-state index in [1.165, 1.54) is 0 Å². The first-order chi connectivity index (χ1) is 7.03. The molecular weight excluding hydrogens is 234 g/mol. The minimum absolute atomic E-state index is 0.149. The molecule has 0 saturated carbocycles. The van der Waals surface area contributed by atoms with Crippen LogP contribution in [-0.2, 0) is 9.84 Å². The molecule has 0 aliphatic rings.